The van der Waals surface area contributed by atoms with Gasteiger partial charge in [-0.2, -0.15) is 0 Å². The van der Waals surface area contributed by atoms with Crippen LogP contribution in [0, 0.1) is 29.1 Å². The average Bonchev–Trinajstić information content (AvgIpc) is 3.65. The molecule has 3 aromatic rings. The second-order valence-electron chi connectivity index (χ2n) is 11.8. The van der Waals surface area contributed by atoms with Gasteiger partial charge in [-0.15, -0.1) is 11.3 Å². The van der Waals surface area contributed by atoms with Crippen molar-refractivity contribution in [1.82, 2.24) is 4.90 Å². The number of anilines is 1. The molecule has 6 atom stereocenters. The third kappa shape index (κ3) is 3.65. The van der Waals surface area contributed by atoms with Crippen molar-refractivity contribution < 1.29 is 29.0 Å². The molecular weight excluding hydrogens is 552 g/mol. The van der Waals surface area contributed by atoms with Crippen LogP contribution in [0.5, 0.6) is 11.5 Å². The van der Waals surface area contributed by atoms with Crippen LogP contribution in [0.2, 0.25) is 0 Å². The number of nitrogens with zero attached hydrogens (tertiary/aromatic N) is 2. The highest BCUT2D eigenvalue weighted by atomic mass is 32.1. The van der Waals surface area contributed by atoms with Crippen molar-refractivity contribution in [2.75, 3.05) is 12.0 Å². The Kier molecular flexibility index (Phi) is 6.13. The number of allylic oxidation sites excluding steroid dienone is 2. The van der Waals surface area contributed by atoms with Crippen molar-refractivity contribution in [3.8, 4) is 11.5 Å². The molecule has 1 saturated carbocycles. The molecule has 0 unspecified atom stereocenters. The number of benzene rings is 2. The number of amides is 4. The molecule has 2 aromatic carbocycles. The zero-order chi connectivity index (χ0) is 29.3. The van der Waals surface area contributed by atoms with Gasteiger partial charge in [-0.05, 0) is 55.3 Å². The minimum absolute atomic E-state index is 0.0467. The largest absolute Gasteiger partial charge is 0.508 e. The Morgan fingerprint density at radius 1 is 0.976 bits per heavy atom. The smallest absolute Gasteiger partial charge is 0.241 e. The molecule has 4 amide bonds. The van der Waals surface area contributed by atoms with Crippen molar-refractivity contribution in [1.29, 1.82) is 0 Å². The van der Waals surface area contributed by atoms with Gasteiger partial charge in [-0.3, -0.25) is 24.1 Å². The maximum atomic E-state index is 14.4. The van der Waals surface area contributed by atoms with E-state index in [4.69, 9.17) is 4.74 Å². The van der Waals surface area contributed by atoms with E-state index in [0.717, 1.165) is 10.5 Å². The first-order chi connectivity index (χ1) is 20.3. The third-order valence-corrected chi connectivity index (χ3v) is 10.7. The van der Waals surface area contributed by atoms with Crippen molar-refractivity contribution in [3.63, 3.8) is 0 Å². The maximum Gasteiger partial charge on any atom is 0.241 e. The Bertz CT molecular complexity index is 1650. The van der Waals surface area contributed by atoms with Crippen LogP contribution in [0.3, 0.4) is 0 Å². The molecule has 9 heteroatoms. The first-order valence-corrected chi connectivity index (χ1v) is 15.0. The molecule has 1 N–H and O–H groups in total. The fourth-order valence-corrected chi connectivity index (χ4v) is 8.55. The summed E-state index contributed by atoms with van der Waals surface area (Å²) in [6.45, 7) is 2.04. The molecule has 0 radical (unpaired) electrons. The second kappa shape index (κ2) is 9.66. The number of methoxy groups -OCH3 is 1. The molecule has 214 valence electrons. The molecule has 2 aliphatic carbocycles. The number of hydrogen-bond acceptors (Lipinski definition) is 7. The van der Waals surface area contributed by atoms with E-state index in [2.05, 4.69) is 0 Å². The standard InChI is InChI=1S/C33H30N2O6S/c1-33-25(30(38)35(32(33)40)18-7-4-3-5-8-18)16-24-21(28(33)22-11-10-19(41-2)15-26(22)36)12-13-23-27(24)31(39)34(29(23)37)17-20-9-6-14-42-20/h3-12,14-15,23-25,27-28,36H,13,16-17H2,1-2H3/t23-,24+,25-,27-,28+,33+/m0/s1. The topological polar surface area (TPSA) is 104 Å². The number of fused-ring (bicyclic) bond motifs is 4. The van der Waals surface area contributed by atoms with E-state index in [9.17, 15) is 24.3 Å². The van der Waals surface area contributed by atoms with Gasteiger partial charge in [-0.1, -0.05) is 42.0 Å². The number of phenolic OH excluding ortho intramolecular Hbond substituents is 1. The fraction of sp³-hybridized carbons (Fsp3) is 0.333. The highest BCUT2D eigenvalue weighted by Gasteiger charge is 2.67. The van der Waals surface area contributed by atoms with Gasteiger partial charge in [0.25, 0.3) is 0 Å². The molecule has 42 heavy (non-hydrogen) atoms. The van der Waals surface area contributed by atoms with Gasteiger partial charge < -0.3 is 9.84 Å². The van der Waals surface area contributed by atoms with Gasteiger partial charge in [0.2, 0.25) is 23.6 Å². The Balaban J connectivity index is 1.36. The molecule has 0 bridgehead atoms. The number of carbonyl (C=O) groups excluding carboxylic acids is 4. The lowest BCUT2D eigenvalue weighted by Gasteiger charge is -2.49. The van der Waals surface area contributed by atoms with Crippen LogP contribution >= 0.6 is 11.3 Å². The summed E-state index contributed by atoms with van der Waals surface area (Å²) in [7, 11) is 1.51. The summed E-state index contributed by atoms with van der Waals surface area (Å²) < 4.78 is 5.32. The van der Waals surface area contributed by atoms with Gasteiger partial charge in [0.1, 0.15) is 11.5 Å². The summed E-state index contributed by atoms with van der Waals surface area (Å²) in [6.07, 6.45) is 2.63. The summed E-state index contributed by atoms with van der Waals surface area (Å²) in [6, 6.07) is 17.6. The molecule has 8 nitrogen and oxygen atoms in total. The fourth-order valence-electron chi connectivity index (χ4n) is 7.86. The minimum atomic E-state index is -1.21. The van der Waals surface area contributed by atoms with Crippen molar-refractivity contribution in [2.45, 2.75) is 32.2 Å². The van der Waals surface area contributed by atoms with Crippen LogP contribution in [0.4, 0.5) is 5.69 Å². The average molecular weight is 583 g/mol. The highest BCUT2D eigenvalue weighted by molar-refractivity contribution is 7.09. The summed E-state index contributed by atoms with van der Waals surface area (Å²) in [5, 5.41) is 13.2. The molecule has 7 rings (SSSR count). The number of aromatic hydroxyl groups is 1. The Morgan fingerprint density at radius 3 is 2.45 bits per heavy atom. The second-order valence-corrected chi connectivity index (χ2v) is 12.8. The van der Waals surface area contributed by atoms with E-state index in [0.29, 0.717) is 23.4 Å². The lowest BCUT2D eigenvalue weighted by Crippen LogP contribution is -2.48. The highest BCUT2D eigenvalue weighted by Crippen LogP contribution is 2.64. The summed E-state index contributed by atoms with van der Waals surface area (Å²) in [5.74, 6) is -3.64. The first kappa shape index (κ1) is 26.6. The number of phenols is 1. The van der Waals surface area contributed by atoms with Gasteiger partial charge >= 0.3 is 0 Å². The summed E-state index contributed by atoms with van der Waals surface area (Å²) >= 11 is 1.50. The van der Waals surface area contributed by atoms with Crippen molar-refractivity contribution in [2.24, 2.45) is 29.1 Å². The number of imide groups is 2. The molecule has 2 aliphatic heterocycles. The van der Waals surface area contributed by atoms with Gasteiger partial charge in [0, 0.05) is 22.4 Å². The van der Waals surface area contributed by atoms with Gasteiger partial charge in [0.05, 0.1) is 42.5 Å². The number of thiophene rings is 1. The van der Waals surface area contributed by atoms with Crippen molar-refractivity contribution in [3.05, 3.63) is 88.1 Å². The van der Waals surface area contributed by atoms with Crippen LogP contribution in [-0.4, -0.2) is 40.7 Å². The van der Waals surface area contributed by atoms with Crippen molar-refractivity contribution >= 4 is 40.7 Å². The van der Waals surface area contributed by atoms with E-state index in [1.807, 2.05) is 36.6 Å². The predicted octanol–water partition coefficient (Wildman–Crippen LogP) is 4.89. The zero-order valence-electron chi connectivity index (χ0n) is 23.2. The van der Waals surface area contributed by atoms with E-state index in [1.165, 1.54) is 34.3 Å². The SMILES string of the molecule is COc1ccc([C@H]2C3=CC[C@@H]4C(=O)N(Cc5cccs5)C(=O)[C@@H]4[C@@H]3C[C@H]3C(=O)N(c4ccccc4)C(=O)[C@@]23C)c(O)c1. The third-order valence-electron chi connectivity index (χ3n) is 9.82. The number of carbonyl (C=O) groups is 4. The first-order valence-electron chi connectivity index (χ1n) is 14.1. The van der Waals surface area contributed by atoms with Gasteiger partial charge in [0.15, 0.2) is 0 Å². The number of ether oxygens (including phenoxy) is 1. The molecule has 0 spiro atoms. The van der Waals surface area contributed by atoms with E-state index < -0.39 is 35.0 Å². The van der Waals surface area contributed by atoms with E-state index >= 15 is 0 Å². The van der Waals surface area contributed by atoms with Crippen LogP contribution < -0.4 is 9.64 Å². The Hall–Kier alpha value is -4.24. The Morgan fingerprint density at radius 2 is 1.76 bits per heavy atom. The van der Waals surface area contributed by atoms with Gasteiger partial charge in [-0.25, -0.2) is 4.90 Å². The van der Waals surface area contributed by atoms with Crippen LogP contribution in [0.15, 0.2) is 77.7 Å². The molecule has 2 saturated heterocycles. The zero-order valence-corrected chi connectivity index (χ0v) is 24.0. The molecule has 4 aliphatic rings. The predicted molar refractivity (Wildman–Crippen MR) is 156 cm³/mol. The van der Waals surface area contributed by atoms with Crippen LogP contribution in [-0.2, 0) is 25.7 Å². The maximum absolute atomic E-state index is 14.4. The molecule has 1 aromatic heterocycles. The van der Waals surface area contributed by atoms with E-state index in [1.54, 1.807) is 36.4 Å². The lowest BCUT2D eigenvalue weighted by molar-refractivity contribution is -0.141. The molecular formula is C33H30N2O6S. The number of hydrogen-bond donors (Lipinski definition) is 1. The van der Waals surface area contributed by atoms with Crippen LogP contribution in [0.1, 0.15) is 36.1 Å². The number of rotatable bonds is 5. The normalized spacial score (nSPS) is 30.2. The Labute approximate surface area is 247 Å². The summed E-state index contributed by atoms with van der Waals surface area (Å²) in [5.41, 5.74) is 0.618. The van der Waals surface area contributed by atoms with Crippen LogP contribution in [0.25, 0.3) is 0 Å². The minimum Gasteiger partial charge on any atom is -0.508 e. The quantitative estimate of drug-likeness (QED) is 0.339. The number of likely N-dealkylation sites (tertiary alicyclic amines) is 1. The number of para-hydroxylation sites is 1. The van der Waals surface area contributed by atoms with E-state index in [-0.39, 0.29) is 42.3 Å². The molecule has 3 fully saturated rings. The monoisotopic (exact) mass is 582 g/mol. The molecule has 3 heterocycles. The summed E-state index contributed by atoms with van der Waals surface area (Å²) in [4.78, 5) is 59.6. The lowest BCUT2D eigenvalue weighted by atomic mass is 9.51.